The predicted octanol–water partition coefficient (Wildman–Crippen LogP) is 3.84. The standard InChI is InChI=1S/C21H22N2O4S/c1-13-5-7-15(8-6-13)12-23-14(2)19(28-21(23)25)20(24)22-16-9-10-17(26-3)18(11-16)27-4/h5-11H,12H2,1-4H3,(H,22,24). The van der Waals surface area contributed by atoms with Gasteiger partial charge in [-0.15, -0.1) is 0 Å². The van der Waals surface area contributed by atoms with Gasteiger partial charge in [-0.3, -0.25) is 14.2 Å². The van der Waals surface area contributed by atoms with Gasteiger partial charge < -0.3 is 14.8 Å². The second kappa shape index (κ2) is 8.31. The lowest BCUT2D eigenvalue weighted by Gasteiger charge is -2.10. The van der Waals surface area contributed by atoms with Gasteiger partial charge in [0.2, 0.25) is 0 Å². The van der Waals surface area contributed by atoms with Gasteiger partial charge in [-0.05, 0) is 31.5 Å². The number of rotatable bonds is 6. The molecule has 2 aromatic carbocycles. The van der Waals surface area contributed by atoms with Gasteiger partial charge in [0.05, 0.1) is 20.8 Å². The first kappa shape index (κ1) is 19.7. The Morgan fingerprint density at radius 1 is 1.04 bits per heavy atom. The fourth-order valence-electron chi connectivity index (χ4n) is 2.85. The van der Waals surface area contributed by atoms with Crippen molar-refractivity contribution in [2.45, 2.75) is 20.4 Å². The van der Waals surface area contributed by atoms with Crippen LogP contribution in [0.25, 0.3) is 0 Å². The van der Waals surface area contributed by atoms with Gasteiger partial charge in [0.15, 0.2) is 11.5 Å². The molecule has 0 fully saturated rings. The number of hydrogen-bond acceptors (Lipinski definition) is 5. The van der Waals surface area contributed by atoms with Gasteiger partial charge in [-0.1, -0.05) is 41.2 Å². The highest BCUT2D eigenvalue weighted by atomic mass is 32.1. The highest BCUT2D eigenvalue weighted by Crippen LogP contribution is 2.30. The molecule has 0 atom stereocenters. The lowest BCUT2D eigenvalue weighted by atomic mass is 10.1. The number of ether oxygens (including phenoxy) is 2. The highest BCUT2D eigenvalue weighted by molar-refractivity contribution is 7.11. The van der Waals surface area contributed by atoms with E-state index in [1.807, 2.05) is 31.2 Å². The minimum absolute atomic E-state index is 0.157. The fourth-order valence-corrected chi connectivity index (χ4v) is 3.74. The quantitative estimate of drug-likeness (QED) is 0.685. The minimum atomic E-state index is -0.325. The summed E-state index contributed by atoms with van der Waals surface area (Å²) in [6.07, 6.45) is 0. The van der Waals surface area contributed by atoms with E-state index in [0.717, 1.165) is 22.5 Å². The van der Waals surface area contributed by atoms with Gasteiger partial charge in [0, 0.05) is 17.4 Å². The fraction of sp³-hybridized carbons (Fsp3) is 0.238. The van der Waals surface area contributed by atoms with Gasteiger partial charge >= 0.3 is 4.87 Å². The van der Waals surface area contributed by atoms with Crippen molar-refractivity contribution in [1.29, 1.82) is 0 Å². The lowest BCUT2D eigenvalue weighted by Crippen LogP contribution is -2.16. The van der Waals surface area contributed by atoms with Crippen molar-refractivity contribution in [2.75, 3.05) is 19.5 Å². The number of anilines is 1. The summed E-state index contributed by atoms with van der Waals surface area (Å²) in [6, 6.07) is 13.1. The first-order valence-electron chi connectivity index (χ1n) is 8.72. The summed E-state index contributed by atoms with van der Waals surface area (Å²) < 4.78 is 12.1. The zero-order valence-corrected chi connectivity index (χ0v) is 17.1. The van der Waals surface area contributed by atoms with Crippen LogP contribution in [-0.2, 0) is 6.54 Å². The molecule has 1 N–H and O–H groups in total. The average Bonchev–Trinajstić information content (AvgIpc) is 2.97. The molecule has 3 aromatic rings. The summed E-state index contributed by atoms with van der Waals surface area (Å²) in [6.45, 7) is 4.24. The summed E-state index contributed by atoms with van der Waals surface area (Å²) in [5.41, 5.74) is 3.38. The second-order valence-corrected chi connectivity index (χ2v) is 7.34. The molecule has 0 radical (unpaired) electrons. The molecule has 146 valence electrons. The van der Waals surface area contributed by atoms with Crippen molar-refractivity contribution in [3.8, 4) is 11.5 Å². The summed E-state index contributed by atoms with van der Waals surface area (Å²) in [5.74, 6) is 0.766. The molecule has 6 nitrogen and oxygen atoms in total. The Labute approximate surface area is 167 Å². The molecule has 28 heavy (non-hydrogen) atoms. The first-order valence-corrected chi connectivity index (χ1v) is 9.53. The molecule has 0 aliphatic rings. The average molecular weight is 398 g/mol. The first-order chi connectivity index (χ1) is 13.4. The van der Waals surface area contributed by atoms with Crippen LogP contribution in [0.15, 0.2) is 47.3 Å². The van der Waals surface area contributed by atoms with Crippen LogP contribution in [0.4, 0.5) is 5.69 Å². The predicted molar refractivity (Wildman–Crippen MR) is 111 cm³/mol. The van der Waals surface area contributed by atoms with Crippen molar-refractivity contribution < 1.29 is 14.3 Å². The number of aryl methyl sites for hydroxylation is 1. The lowest BCUT2D eigenvalue weighted by molar-refractivity contribution is 0.102. The third-order valence-electron chi connectivity index (χ3n) is 4.45. The molecule has 0 unspecified atom stereocenters. The molecule has 0 spiro atoms. The third-order valence-corrected chi connectivity index (χ3v) is 5.53. The number of carbonyl (C=O) groups excluding carboxylic acids is 1. The third kappa shape index (κ3) is 4.09. The van der Waals surface area contributed by atoms with E-state index in [2.05, 4.69) is 5.32 Å². The summed E-state index contributed by atoms with van der Waals surface area (Å²) >= 11 is 0.948. The van der Waals surface area contributed by atoms with Crippen molar-refractivity contribution in [2.24, 2.45) is 0 Å². The number of nitrogens with one attached hydrogen (secondary N) is 1. The molecule has 1 aromatic heterocycles. The van der Waals surface area contributed by atoms with Crippen LogP contribution >= 0.6 is 11.3 Å². The maximum absolute atomic E-state index is 12.7. The highest BCUT2D eigenvalue weighted by Gasteiger charge is 2.18. The smallest absolute Gasteiger partial charge is 0.308 e. The molecule has 7 heteroatoms. The molecule has 0 aliphatic carbocycles. The van der Waals surface area contributed by atoms with E-state index in [1.54, 1.807) is 36.8 Å². The Bertz CT molecular complexity index is 1050. The molecule has 3 rings (SSSR count). The number of amides is 1. The van der Waals surface area contributed by atoms with Crippen LogP contribution in [0.1, 0.15) is 26.5 Å². The zero-order valence-electron chi connectivity index (χ0n) is 16.2. The van der Waals surface area contributed by atoms with Crippen LogP contribution in [0.5, 0.6) is 11.5 Å². The molecule has 0 bridgehead atoms. The van der Waals surface area contributed by atoms with E-state index in [9.17, 15) is 9.59 Å². The van der Waals surface area contributed by atoms with Gasteiger partial charge in [0.1, 0.15) is 4.88 Å². The van der Waals surface area contributed by atoms with E-state index >= 15 is 0 Å². The second-order valence-electron chi connectivity index (χ2n) is 6.38. The minimum Gasteiger partial charge on any atom is -0.493 e. The number of methoxy groups -OCH3 is 2. The van der Waals surface area contributed by atoms with Crippen LogP contribution in [0, 0.1) is 13.8 Å². The van der Waals surface area contributed by atoms with Crippen LogP contribution in [-0.4, -0.2) is 24.7 Å². The van der Waals surface area contributed by atoms with Crippen LogP contribution in [0.3, 0.4) is 0 Å². The molecule has 0 aliphatic heterocycles. The SMILES string of the molecule is COc1ccc(NC(=O)c2sc(=O)n(Cc3ccc(C)cc3)c2C)cc1OC. The van der Waals surface area contributed by atoms with Crippen molar-refractivity contribution in [1.82, 2.24) is 4.57 Å². The van der Waals surface area contributed by atoms with E-state index in [1.165, 1.54) is 7.11 Å². The van der Waals surface area contributed by atoms with Crippen molar-refractivity contribution >= 4 is 22.9 Å². The number of thiazole rings is 1. The maximum atomic E-state index is 12.7. The van der Waals surface area contributed by atoms with E-state index in [0.29, 0.717) is 34.3 Å². The maximum Gasteiger partial charge on any atom is 0.308 e. The van der Waals surface area contributed by atoms with E-state index < -0.39 is 0 Å². The van der Waals surface area contributed by atoms with Gasteiger partial charge in [0.25, 0.3) is 5.91 Å². The zero-order chi connectivity index (χ0) is 20.3. The molecule has 1 amide bonds. The van der Waals surface area contributed by atoms with Crippen LogP contribution in [0.2, 0.25) is 0 Å². The molecule has 0 saturated heterocycles. The number of nitrogens with zero attached hydrogens (tertiary/aromatic N) is 1. The van der Waals surface area contributed by atoms with E-state index in [-0.39, 0.29) is 10.8 Å². The number of hydrogen-bond donors (Lipinski definition) is 1. The Morgan fingerprint density at radius 2 is 1.71 bits per heavy atom. The number of benzene rings is 2. The Hall–Kier alpha value is -3.06. The summed E-state index contributed by atoms with van der Waals surface area (Å²) in [4.78, 5) is 25.4. The van der Waals surface area contributed by atoms with Gasteiger partial charge in [-0.2, -0.15) is 0 Å². The monoisotopic (exact) mass is 398 g/mol. The Kier molecular flexibility index (Phi) is 5.84. The Morgan fingerprint density at radius 3 is 2.36 bits per heavy atom. The van der Waals surface area contributed by atoms with Crippen molar-refractivity contribution in [3.63, 3.8) is 0 Å². The summed E-state index contributed by atoms with van der Waals surface area (Å²) in [5, 5.41) is 2.82. The topological polar surface area (TPSA) is 69.6 Å². The molecule has 0 saturated carbocycles. The largest absolute Gasteiger partial charge is 0.493 e. The normalized spacial score (nSPS) is 10.6. The molecule has 1 heterocycles. The number of carbonyl (C=O) groups is 1. The Balaban J connectivity index is 1.83. The van der Waals surface area contributed by atoms with Gasteiger partial charge in [-0.25, -0.2) is 0 Å². The van der Waals surface area contributed by atoms with Crippen LogP contribution < -0.4 is 19.7 Å². The molecular weight excluding hydrogens is 376 g/mol. The number of aromatic nitrogens is 1. The van der Waals surface area contributed by atoms with Crippen molar-refractivity contribution in [3.05, 3.63) is 73.8 Å². The van der Waals surface area contributed by atoms with E-state index in [4.69, 9.17) is 9.47 Å². The summed E-state index contributed by atoms with van der Waals surface area (Å²) in [7, 11) is 3.08. The molecular formula is C21H22N2O4S.